The molecule has 0 spiro atoms. The van der Waals surface area contributed by atoms with Crippen molar-refractivity contribution in [2.75, 3.05) is 4.72 Å². The summed E-state index contributed by atoms with van der Waals surface area (Å²) in [4.78, 5) is 17.2. The van der Waals surface area contributed by atoms with Gasteiger partial charge in [-0.25, -0.2) is 18.4 Å². The quantitative estimate of drug-likeness (QED) is 0.659. The maximum absolute atomic E-state index is 12.1. The Balaban J connectivity index is 2.41. The minimum Gasteiger partial charge on any atom is -0.262 e. The van der Waals surface area contributed by atoms with E-state index in [4.69, 9.17) is 0 Å². The zero-order valence-electron chi connectivity index (χ0n) is 9.72. The van der Waals surface area contributed by atoms with Crippen LogP contribution >= 0.6 is 15.9 Å². The molecule has 10 heteroatoms. The summed E-state index contributed by atoms with van der Waals surface area (Å²) >= 11 is 3.06. The van der Waals surface area contributed by atoms with Gasteiger partial charge >= 0.3 is 0 Å². The highest BCUT2D eigenvalue weighted by atomic mass is 79.9. The van der Waals surface area contributed by atoms with Crippen molar-refractivity contribution in [1.82, 2.24) is 9.97 Å². The molecule has 104 valence electrons. The zero-order chi connectivity index (χ0) is 14.8. The van der Waals surface area contributed by atoms with E-state index in [-0.39, 0.29) is 5.82 Å². The number of nitrogens with one attached hydrogen (secondary N) is 1. The number of sulfonamides is 1. The van der Waals surface area contributed by atoms with Gasteiger partial charge in [0.1, 0.15) is 4.60 Å². The molecule has 0 saturated carbocycles. The molecule has 0 atom stereocenters. The third-order valence-electron chi connectivity index (χ3n) is 2.21. The van der Waals surface area contributed by atoms with E-state index in [1.54, 1.807) is 0 Å². The Morgan fingerprint density at radius 1 is 1.20 bits per heavy atom. The van der Waals surface area contributed by atoms with E-state index >= 15 is 0 Å². The highest BCUT2D eigenvalue weighted by molar-refractivity contribution is 9.10. The molecule has 0 unspecified atom stereocenters. The van der Waals surface area contributed by atoms with Crippen molar-refractivity contribution >= 4 is 37.5 Å². The Morgan fingerprint density at radius 2 is 1.90 bits per heavy atom. The second-order valence-corrected chi connectivity index (χ2v) is 6.02. The van der Waals surface area contributed by atoms with Gasteiger partial charge in [-0.2, -0.15) is 0 Å². The Hall–Kier alpha value is -2.07. The molecule has 0 bridgehead atoms. The van der Waals surface area contributed by atoms with E-state index in [0.717, 1.165) is 12.1 Å². The molecule has 0 fully saturated rings. The summed E-state index contributed by atoms with van der Waals surface area (Å²) in [6.45, 7) is 0. The number of nitro benzene ring substituents is 1. The number of nitrogens with zero attached hydrogens (tertiary/aromatic N) is 3. The molecule has 0 aliphatic rings. The largest absolute Gasteiger partial charge is 0.289 e. The van der Waals surface area contributed by atoms with Gasteiger partial charge in [-0.1, -0.05) is 12.1 Å². The number of hydrogen-bond acceptors (Lipinski definition) is 6. The van der Waals surface area contributed by atoms with E-state index in [9.17, 15) is 18.5 Å². The van der Waals surface area contributed by atoms with Gasteiger partial charge in [-0.15, -0.1) is 0 Å². The van der Waals surface area contributed by atoms with Gasteiger partial charge in [-0.05, 0) is 22.0 Å². The summed E-state index contributed by atoms with van der Waals surface area (Å²) in [5.41, 5.74) is -0.509. The Morgan fingerprint density at radius 3 is 2.50 bits per heavy atom. The maximum Gasteiger partial charge on any atom is 0.289 e. The molecule has 0 saturated heterocycles. The van der Waals surface area contributed by atoms with Crippen molar-refractivity contribution in [3.8, 4) is 0 Å². The summed E-state index contributed by atoms with van der Waals surface area (Å²) in [7, 11) is -4.11. The Labute approximate surface area is 122 Å². The van der Waals surface area contributed by atoms with Crippen LogP contribution in [-0.4, -0.2) is 23.3 Å². The minimum atomic E-state index is -4.11. The molecule has 0 aliphatic carbocycles. The molecule has 1 aromatic heterocycles. The predicted octanol–water partition coefficient (Wildman–Crippen LogP) is 1.95. The molecular weight excluding hydrogens is 352 g/mol. The lowest BCUT2D eigenvalue weighted by Gasteiger charge is -2.07. The van der Waals surface area contributed by atoms with Gasteiger partial charge in [0, 0.05) is 6.07 Å². The second kappa shape index (κ2) is 5.51. The highest BCUT2D eigenvalue weighted by Crippen LogP contribution is 2.24. The first-order chi connectivity index (χ1) is 9.40. The Bertz CT molecular complexity index is 748. The number of nitro groups is 1. The van der Waals surface area contributed by atoms with Crippen LogP contribution in [0, 0.1) is 10.1 Å². The van der Waals surface area contributed by atoms with E-state index in [1.807, 2.05) is 0 Å². The lowest BCUT2D eigenvalue weighted by atomic mass is 10.3. The monoisotopic (exact) mass is 358 g/mol. The van der Waals surface area contributed by atoms with Crippen molar-refractivity contribution in [3.05, 3.63) is 51.4 Å². The Kier molecular flexibility index (Phi) is 3.95. The number of para-hydroxylation sites is 1. The van der Waals surface area contributed by atoms with Crippen LogP contribution < -0.4 is 4.72 Å². The lowest BCUT2D eigenvalue weighted by Crippen LogP contribution is -2.15. The number of rotatable bonds is 4. The van der Waals surface area contributed by atoms with Crippen LogP contribution in [0.1, 0.15) is 0 Å². The fourth-order valence-corrected chi connectivity index (χ4v) is 2.76. The van der Waals surface area contributed by atoms with Gasteiger partial charge in [0.2, 0.25) is 0 Å². The first kappa shape index (κ1) is 14.3. The normalized spacial score (nSPS) is 11.1. The molecule has 0 aliphatic heterocycles. The van der Waals surface area contributed by atoms with Gasteiger partial charge in [-0.3, -0.25) is 14.8 Å². The van der Waals surface area contributed by atoms with Crippen molar-refractivity contribution < 1.29 is 13.3 Å². The van der Waals surface area contributed by atoms with Gasteiger partial charge < -0.3 is 0 Å². The smallest absolute Gasteiger partial charge is 0.262 e. The van der Waals surface area contributed by atoms with Crippen molar-refractivity contribution in [3.63, 3.8) is 0 Å². The first-order valence-electron chi connectivity index (χ1n) is 5.14. The molecule has 20 heavy (non-hydrogen) atoms. The number of hydrogen-bond donors (Lipinski definition) is 1. The number of halogens is 1. The van der Waals surface area contributed by atoms with Crippen LogP contribution in [0.25, 0.3) is 0 Å². The number of anilines is 1. The number of aromatic nitrogens is 2. The third-order valence-corrected chi connectivity index (χ3v) is 4.02. The van der Waals surface area contributed by atoms with E-state index in [1.165, 1.54) is 24.5 Å². The minimum absolute atomic E-state index is 0.0358. The van der Waals surface area contributed by atoms with Crippen molar-refractivity contribution in [2.45, 2.75) is 4.90 Å². The molecule has 1 aromatic carbocycles. The summed E-state index contributed by atoms with van der Waals surface area (Å²) in [6.07, 6.45) is 2.49. The van der Waals surface area contributed by atoms with Gasteiger partial charge in [0.25, 0.3) is 15.7 Å². The topological polar surface area (TPSA) is 115 Å². The van der Waals surface area contributed by atoms with Crippen molar-refractivity contribution in [1.29, 1.82) is 0 Å². The van der Waals surface area contributed by atoms with Crippen LogP contribution in [0.15, 0.2) is 46.2 Å². The lowest BCUT2D eigenvalue weighted by molar-refractivity contribution is -0.387. The summed E-state index contributed by atoms with van der Waals surface area (Å²) in [5, 5.41) is 10.8. The van der Waals surface area contributed by atoms with Crippen LogP contribution in [0.5, 0.6) is 0 Å². The summed E-state index contributed by atoms with van der Waals surface area (Å²) in [6, 6.07) is 5.04. The van der Waals surface area contributed by atoms with Gasteiger partial charge in [0.05, 0.1) is 17.3 Å². The zero-order valence-corrected chi connectivity index (χ0v) is 12.1. The fraction of sp³-hybridized carbons (Fsp3) is 0. The van der Waals surface area contributed by atoms with E-state index in [0.29, 0.717) is 4.60 Å². The summed E-state index contributed by atoms with van der Waals surface area (Å²) < 4.78 is 26.8. The van der Waals surface area contributed by atoms with Crippen LogP contribution in [0.3, 0.4) is 0 Å². The highest BCUT2D eigenvalue weighted by Gasteiger charge is 2.25. The van der Waals surface area contributed by atoms with Crippen LogP contribution in [0.2, 0.25) is 0 Å². The van der Waals surface area contributed by atoms with Crippen LogP contribution in [-0.2, 0) is 10.0 Å². The average Bonchev–Trinajstić information content (AvgIpc) is 2.41. The molecule has 2 aromatic rings. The average molecular weight is 359 g/mol. The number of benzene rings is 1. The predicted molar refractivity (Wildman–Crippen MR) is 73.6 cm³/mol. The standard InChI is InChI=1S/C10H7BrN4O4S/c11-9-5-13-10(6-12-9)14-20(18,19)8-4-2-1-3-7(8)15(16)17/h1-6H,(H,13,14). The second-order valence-electron chi connectivity index (χ2n) is 3.55. The van der Waals surface area contributed by atoms with Crippen molar-refractivity contribution in [2.24, 2.45) is 0 Å². The molecule has 0 amide bonds. The third kappa shape index (κ3) is 3.08. The maximum atomic E-state index is 12.1. The molecule has 8 nitrogen and oxygen atoms in total. The summed E-state index contributed by atoms with van der Waals surface area (Å²) in [5.74, 6) is -0.0358. The molecular formula is C10H7BrN4O4S. The first-order valence-corrected chi connectivity index (χ1v) is 7.41. The van der Waals surface area contributed by atoms with Gasteiger partial charge in [0.15, 0.2) is 10.7 Å². The SMILES string of the molecule is O=[N+]([O-])c1ccccc1S(=O)(=O)Nc1cnc(Br)cn1. The van der Waals surface area contributed by atoms with E-state index < -0.39 is 25.5 Å². The fourth-order valence-electron chi connectivity index (χ4n) is 1.39. The molecule has 1 heterocycles. The molecule has 2 rings (SSSR count). The molecule has 0 radical (unpaired) electrons. The molecule has 1 N–H and O–H groups in total. The van der Waals surface area contributed by atoms with Crippen LogP contribution in [0.4, 0.5) is 11.5 Å². The van der Waals surface area contributed by atoms with E-state index in [2.05, 4.69) is 30.6 Å².